The molecule has 0 saturated carbocycles. The zero-order chi connectivity index (χ0) is 18.6. The van der Waals surface area contributed by atoms with Crippen molar-refractivity contribution in [2.45, 2.75) is 0 Å². The third-order valence-corrected chi connectivity index (χ3v) is 4.28. The van der Waals surface area contributed by atoms with Gasteiger partial charge in [-0.2, -0.15) is 0 Å². The molecule has 0 aliphatic heterocycles. The number of nitrogens with zero attached hydrogens (tertiary/aromatic N) is 2. The fourth-order valence-electron chi connectivity index (χ4n) is 3.02. The van der Waals surface area contributed by atoms with Crippen molar-refractivity contribution in [1.82, 2.24) is 9.97 Å². The van der Waals surface area contributed by atoms with Crippen molar-refractivity contribution in [3.8, 4) is 0 Å². The van der Waals surface area contributed by atoms with E-state index in [1.54, 1.807) is 18.2 Å². The maximum Gasteiger partial charge on any atom is 0.355 e. The van der Waals surface area contributed by atoms with Gasteiger partial charge < -0.3 is 10.1 Å². The summed E-state index contributed by atoms with van der Waals surface area (Å²) in [5, 5.41) is 13.9. The van der Waals surface area contributed by atoms with Crippen molar-refractivity contribution in [3.63, 3.8) is 0 Å². The third kappa shape index (κ3) is 3.91. The number of rotatable bonds is 1. The van der Waals surface area contributed by atoms with E-state index >= 15 is 0 Å². The molecule has 2 aromatic heterocycles. The molecule has 0 saturated heterocycles. The molecule has 0 aliphatic carbocycles. The Hall–Kier alpha value is -3.14. The molecule has 1 radical (unpaired) electrons. The van der Waals surface area contributed by atoms with Crippen LogP contribution < -0.4 is 0 Å². The Labute approximate surface area is 175 Å². The molecule has 3 aromatic carbocycles. The number of hydrogen-bond acceptors (Lipinski definition) is 3. The number of fused-ring (bicyclic) bond motifs is 4. The van der Waals surface area contributed by atoms with Gasteiger partial charge in [0, 0.05) is 37.9 Å². The summed E-state index contributed by atoms with van der Waals surface area (Å²) in [7, 11) is 0. The van der Waals surface area contributed by atoms with E-state index in [4.69, 9.17) is 5.11 Å². The van der Waals surface area contributed by atoms with Gasteiger partial charge in [0.05, 0.1) is 0 Å². The van der Waals surface area contributed by atoms with Crippen LogP contribution in [0.4, 0.5) is 0 Å². The quantitative estimate of drug-likeness (QED) is 0.236. The first-order valence-electron chi connectivity index (χ1n) is 8.45. The summed E-state index contributed by atoms with van der Waals surface area (Å²) in [6.45, 7) is 0. The predicted molar refractivity (Wildman–Crippen MR) is 107 cm³/mol. The van der Waals surface area contributed by atoms with Crippen LogP contribution in [-0.4, -0.2) is 21.0 Å². The normalized spacial score (nSPS) is 10.1. The number of carboxylic acids is 1. The third-order valence-electron chi connectivity index (χ3n) is 4.28. The summed E-state index contributed by atoms with van der Waals surface area (Å²) in [5.41, 5.74) is 1.14. The maximum atomic E-state index is 10.8. The van der Waals surface area contributed by atoms with Crippen molar-refractivity contribution < 1.29 is 30.0 Å². The van der Waals surface area contributed by atoms with Gasteiger partial charge >= 0.3 is 5.97 Å². The summed E-state index contributed by atoms with van der Waals surface area (Å²) < 4.78 is 0. The molecule has 139 valence electrons. The summed E-state index contributed by atoms with van der Waals surface area (Å²) in [6, 6.07) is 26.6. The van der Waals surface area contributed by atoms with Crippen molar-refractivity contribution in [3.05, 3.63) is 97.0 Å². The van der Waals surface area contributed by atoms with Crippen LogP contribution in [0.1, 0.15) is 10.5 Å². The number of aromatic nitrogens is 2. The number of benzene rings is 3. The SMILES string of the molecule is O=C(O)c1nccc2ccccc12.[Ir].[c-]1cccc2ccc3cccnc3c12. The van der Waals surface area contributed by atoms with Crippen LogP contribution in [0, 0.1) is 6.07 Å². The summed E-state index contributed by atoms with van der Waals surface area (Å²) >= 11 is 0. The summed E-state index contributed by atoms with van der Waals surface area (Å²) in [4.78, 5) is 18.9. The topological polar surface area (TPSA) is 63.1 Å². The Morgan fingerprint density at radius 3 is 2.39 bits per heavy atom. The molecular formula is C23H15IrN2O2-. The van der Waals surface area contributed by atoms with Crippen LogP contribution in [0.15, 0.2) is 85.2 Å². The van der Waals surface area contributed by atoms with Crippen molar-refractivity contribution in [2.75, 3.05) is 0 Å². The molecular weight excluding hydrogens is 528 g/mol. The van der Waals surface area contributed by atoms with E-state index in [1.165, 1.54) is 17.0 Å². The monoisotopic (exact) mass is 544 g/mol. The molecule has 0 aliphatic rings. The van der Waals surface area contributed by atoms with Gasteiger partial charge in [-0.15, -0.1) is 35.0 Å². The van der Waals surface area contributed by atoms with Crippen LogP contribution in [0.2, 0.25) is 0 Å². The van der Waals surface area contributed by atoms with Crippen LogP contribution in [0.25, 0.3) is 32.4 Å². The zero-order valence-corrected chi connectivity index (χ0v) is 17.1. The first kappa shape index (κ1) is 19.6. The van der Waals surface area contributed by atoms with Crippen LogP contribution in [-0.2, 0) is 20.1 Å². The van der Waals surface area contributed by atoms with Gasteiger partial charge in [0.25, 0.3) is 0 Å². The van der Waals surface area contributed by atoms with Crippen molar-refractivity contribution >= 4 is 38.4 Å². The Balaban J connectivity index is 0.000000156. The van der Waals surface area contributed by atoms with Gasteiger partial charge in [0.15, 0.2) is 5.69 Å². The molecule has 2 heterocycles. The fourth-order valence-corrected chi connectivity index (χ4v) is 3.02. The van der Waals surface area contributed by atoms with Gasteiger partial charge in [-0.1, -0.05) is 42.5 Å². The van der Waals surface area contributed by atoms with E-state index in [0.717, 1.165) is 16.3 Å². The summed E-state index contributed by atoms with van der Waals surface area (Å²) in [6.07, 6.45) is 3.33. The van der Waals surface area contributed by atoms with E-state index in [2.05, 4.69) is 40.3 Å². The second-order valence-corrected chi connectivity index (χ2v) is 5.96. The summed E-state index contributed by atoms with van der Waals surface area (Å²) in [5.74, 6) is -0.989. The minimum atomic E-state index is -0.989. The minimum absolute atomic E-state index is 0. The van der Waals surface area contributed by atoms with Gasteiger partial charge in [-0.3, -0.25) is 0 Å². The Morgan fingerprint density at radius 1 is 0.786 bits per heavy atom. The van der Waals surface area contributed by atoms with Gasteiger partial charge in [-0.05, 0) is 28.4 Å². The van der Waals surface area contributed by atoms with E-state index in [0.29, 0.717) is 5.39 Å². The molecule has 0 spiro atoms. The molecule has 1 N–H and O–H groups in total. The first-order valence-corrected chi connectivity index (χ1v) is 8.45. The van der Waals surface area contributed by atoms with Crippen LogP contribution >= 0.6 is 0 Å². The predicted octanol–water partition coefficient (Wildman–Crippen LogP) is 5.12. The molecule has 0 fully saturated rings. The Morgan fingerprint density at radius 2 is 1.54 bits per heavy atom. The van der Waals surface area contributed by atoms with Gasteiger partial charge in [-0.25, -0.2) is 9.78 Å². The van der Waals surface area contributed by atoms with Gasteiger partial charge in [0.2, 0.25) is 0 Å². The molecule has 5 heteroatoms. The number of carboxylic acid groups (broad SMARTS) is 1. The standard InChI is InChI=1S/C13H8N.C10H7NO2.Ir/c1-2-6-12-10(4-1)7-8-11-5-3-9-14-13(11)12;12-10(13)9-8-4-2-1-3-7(8)5-6-11-9;/h1-5,7-9H;1-6H,(H,12,13);/q-1;;. The molecule has 0 bridgehead atoms. The van der Waals surface area contributed by atoms with E-state index in [1.807, 2.05) is 36.5 Å². The molecule has 5 rings (SSSR count). The zero-order valence-electron chi connectivity index (χ0n) is 14.7. The molecule has 0 unspecified atom stereocenters. The maximum absolute atomic E-state index is 10.8. The second kappa shape index (κ2) is 8.70. The van der Waals surface area contributed by atoms with Crippen LogP contribution in [0.5, 0.6) is 0 Å². The molecule has 0 atom stereocenters. The second-order valence-electron chi connectivity index (χ2n) is 5.96. The number of pyridine rings is 2. The van der Waals surface area contributed by atoms with Crippen LogP contribution in [0.3, 0.4) is 0 Å². The smallest absolute Gasteiger partial charge is 0.355 e. The fraction of sp³-hybridized carbons (Fsp3) is 0. The first-order chi connectivity index (χ1) is 13.2. The number of aromatic carboxylic acids is 1. The number of hydrogen-bond donors (Lipinski definition) is 1. The van der Waals surface area contributed by atoms with Crippen molar-refractivity contribution in [2.24, 2.45) is 0 Å². The van der Waals surface area contributed by atoms with Gasteiger partial charge in [0.1, 0.15) is 0 Å². The minimum Gasteiger partial charge on any atom is -0.476 e. The largest absolute Gasteiger partial charge is 0.476 e. The molecule has 28 heavy (non-hydrogen) atoms. The average Bonchev–Trinajstić information content (AvgIpc) is 2.73. The Kier molecular flexibility index (Phi) is 6.09. The number of carbonyl (C=O) groups is 1. The van der Waals surface area contributed by atoms with Crippen molar-refractivity contribution in [1.29, 1.82) is 0 Å². The molecule has 5 aromatic rings. The average molecular weight is 544 g/mol. The van der Waals surface area contributed by atoms with E-state index < -0.39 is 5.97 Å². The Bertz CT molecular complexity index is 1210. The molecule has 4 nitrogen and oxygen atoms in total. The van der Waals surface area contributed by atoms with E-state index in [-0.39, 0.29) is 25.8 Å². The molecule has 0 amide bonds. The van der Waals surface area contributed by atoms with E-state index in [9.17, 15) is 4.79 Å².